The summed E-state index contributed by atoms with van der Waals surface area (Å²) >= 11 is 0. The lowest BCUT2D eigenvalue weighted by molar-refractivity contribution is -0.117. The second-order valence-electron chi connectivity index (χ2n) is 6.55. The number of carbonyl (C=O) groups is 2. The number of nitrogens with zero attached hydrogens (tertiary/aromatic N) is 3. The predicted octanol–water partition coefficient (Wildman–Crippen LogP) is 2.62. The van der Waals surface area contributed by atoms with Crippen LogP contribution in [0.4, 0.5) is 5.69 Å². The molecule has 3 aromatic rings. The van der Waals surface area contributed by atoms with Gasteiger partial charge in [-0.05, 0) is 42.3 Å². The van der Waals surface area contributed by atoms with Crippen LogP contribution in [0.3, 0.4) is 0 Å². The van der Waals surface area contributed by atoms with Crippen molar-refractivity contribution in [3.05, 3.63) is 65.5 Å². The fourth-order valence-electron chi connectivity index (χ4n) is 3.26. The first-order chi connectivity index (χ1) is 13.7. The summed E-state index contributed by atoms with van der Waals surface area (Å²) in [5, 5.41) is 6.69. The highest BCUT2D eigenvalue weighted by molar-refractivity contribution is 6.01. The molecule has 7 heteroatoms. The Hall–Kier alpha value is -3.48. The van der Waals surface area contributed by atoms with Crippen LogP contribution in [0, 0.1) is 0 Å². The average molecular weight is 376 g/mol. The number of fused-ring (bicyclic) bond motifs is 1. The van der Waals surface area contributed by atoms with E-state index in [0.29, 0.717) is 30.2 Å². The van der Waals surface area contributed by atoms with E-state index in [-0.39, 0.29) is 18.4 Å². The van der Waals surface area contributed by atoms with Crippen LogP contribution in [0.5, 0.6) is 0 Å². The molecule has 1 aliphatic heterocycles. The highest BCUT2D eigenvalue weighted by Crippen LogP contribution is 2.31. The Labute approximate surface area is 162 Å². The topological polar surface area (TPSA) is 88.3 Å². The molecule has 0 aliphatic carbocycles. The summed E-state index contributed by atoms with van der Waals surface area (Å²) in [6, 6.07) is 14.6. The Bertz CT molecular complexity index is 1010. The fourth-order valence-corrected chi connectivity index (χ4v) is 3.26. The van der Waals surface area contributed by atoms with Crippen molar-refractivity contribution in [2.75, 3.05) is 18.0 Å². The largest absolute Gasteiger partial charge is 0.343 e. The minimum Gasteiger partial charge on any atom is -0.343 e. The molecule has 0 spiro atoms. The van der Waals surface area contributed by atoms with E-state index in [1.807, 2.05) is 31.2 Å². The average Bonchev–Trinajstić information content (AvgIpc) is 3.39. The van der Waals surface area contributed by atoms with E-state index in [1.165, 1.54) is 0 Å². The number of nitrogens with one attached hydrogen (secondary N) is 1. The van der Waals surface area contributed by atoms with Crippen molar-refractivity contribution in [1.29, 1.82) is 0 Å². The van der Waals surface area contributed by atoms with Crippen molar-refractivity contribution in [3.8, 4) is 11.4 Å². The van der Waals surface area contributed by atoms with Gasteiger partial charge in [-0.25, -0.2) is 0 Å². The van der Waals surface area contributed by atoms with Crippen LogP contribution in [0.1, 0.15) is 28.7 Å². The van der Waals surface area contributed by atoms with Crippen molar-refractivity contribution in [2.24, 2.45) is 0 Å². The van der Waals surface area contributed by atoms with Crippen molar-refractivity contribution in [3.63, 3.8) is 0 Å². The van der Waals surface area contributed by atoms with Crippen LogP contribution in [0.2, 0.25) is 0 Å². The zero-order valence-corrected chi connectivity index (χ0v) is 15.5. The molecule has 0 atom stereocenters. The summed E-state index contributed by atoms with van der Waals surface area (Å²) in [4.78, 5) is 30.8. The number of hydrogen-bond acceptors (Lipinski definition) is 5. The number of carbonyl (C=O) groups excluding carboxylic acids is 2. The maximum atomic E-state index is 12.6. The number of rotatable bonds is 5. The van der Waals surface area contributed by atoms with Crippen LogP contribution in [0.15, 0.2) is 53.1 Å². The minimum absolute atomic E-state index is 0.0420. The van der Waals surface area contributed by atoms with E-state index in [0.717, 1.165) is 23.2 Å². The van der Waals surface area contributed by atoms with E-state index in [4.69, 9.17) is 4.52 Å². The highest BCUT2D eigenvalue weighted by Gasteiger charge is 2.25. The van der Waals surface area contributed by atoms with Gasteiger partial charge < -0.3 is 14.7 Å². The third kappa shape index (κ3) is 3.51. The molecule has 0 radical (unpaired) electrons. The second kappa shape index (κ2) is 7.64. The lowest BCUT2D eigenvalue weighted by Crippen LogP contribution is -2.39. The van der Waals surface area contributed by atoms with Crippen LogP contribution in [0.25, 0.3) is 11.4 Å². The molecule has 1 N–H and O–H groups in total. The molecule has 4 rings (SSSR count). The zero-order chi connectivity index (χ0) is 19.5. The van der Waals surface area contributed by atoms with Crippen LogP contribution < -0.4 is 10.2 Å². The lowest BCUT2D eigenvalue weighted by atomic mass is 10.1. The third-order valence-electron chi connectivity index (χ3n) is 4.74. The molecule has 0 fully saturated rings. The van der Waals surface area contributed by atoms with E-state index in [2.05, 4.69) is 15.5 Å². The third-order valence-corrected chi connectivity index (χ3v) is 4.74. The number of aromatic nitrogens is 2. The molecule has 2 heterocycles. The maximum absolute atomic E-state index is 12.6. The summed E-state index contributed by atoms with van der Waals surface area (Å²) in [6.07, 6.45) is 1.44. The van der Waals surface area contributed by atoms with Gasteiger partial charge in [-0.15, -0.1) is 0 Å². The first-order valence-corrected chi connectivity index (χ1v) is 9.25. The van der Waals surface area contributed by atoms with Gasteiger partial charge in [0.25, 0.3) is 5.91 Å². The van der Waals surface area contributed by atoms with E-state index >= 15 is 0 Å². The van der Waals surface area contributed by atoms with Gasteiger partial charge in [0.15, 0.2) is 0 Å². The monoisotopic (exact) mass is 376 g/mol. The molecule has 28 heavy (non-hydrogen) atoms. The van der Waals surface area contributed by atoms with Crippen molar-refractivity contribution >= 4 is 17.5 Å². The van der Waals surface area contributed by atoms with E-state index in [1.54, 1.807) is 29.2 Å². The van der Waals surface area contributed by atoms with Crippen LogP contribution >= 0.6 is 0 Å². The zero-order valence-electron chi connectivity index (χ0n) is 15.5. The molecule has 0 saturated heterocycles. The molecular weight excluding hydrogens is 356 g/mol. The Morgan fingerprint density at radius 1 is 1.18 bits per heavy atom. The number of benzene rings is 2. The first kappa shape index (κ1) is 17.9. The van der Waals surface area contributed by atoms with Gasteiger partial charge in [0.1, 0.15) is 0 Å². The summed E-state index contributed by atoms with van der Waals surface area (Å²) in [6.45, 7) is 2.50. The second-order valence-corrected chi connectivity index (χ2v) is 6.55. The Morgan fingerprint density at radius 3 is 2.75 bits per heavy atom. The SMILES string of the molecule is CCc1nc(-c2ccc3c(c2)CCN3C(=O)CNC(=O)c2ccccc2)no1. The van der Waals surface area contributed by atoms with Gasteiger partial charge >= 0.3 is 0 Å². The summed E-state index contributed by atoms with van der Waals surface area (Å²) in [5.74, 6) is 0.761. The smallest absolute Gasteiger partial charge is 0.251 e. The molecule has 7 nitrogen and oxygen atoms in total. The first-order valence-electron chi connectivity index (χ1n) is 9.25. The molecule has 1 aliphatic rings. The van der Waals surface area contributed by atoms with Crippen molar-refractivity contribution in [2.45, 2.75) is 19.8 Å². The molecule has 0 bridgehead atoms. The predicted molar refractivity (Wildman–Crippen MR) is 104 cm³/mol. The van der Waals surface area contributed by atoms with Gasteiger partial charge in [-0.1, -0.05) is 30.3 Å². The highest BCUT2D eigenvalue weighted by atomic mass is 16.5. The molecule has 1 aromatic heterocycles. The fraction of sp³-hybridized carbons (Fsp3) is 0.238. The quantitative estimate of drug-likeness (QED) is 0.739. The Balaban J connectivity index is 1.44. The van der Waals surface area contributed by atoms with Gasteiger partial charge in [0.2, 0.25) is 17.6 Å². The van der Waals surface area contributed by atoms with Crippen molar-refractivity contribution < 1.29 is 14.1 Å². The normalized spacial score (nSPS) is 12.7. The van der Waals surface area contributed by atoms with Gasteiger partial charge in [0.05, 0.1) is 6.54 Å². The molecule has 2 amide bonds. The molecule has 0 saturated carbocycles. The summed E-state index contributed by atoms with van der Waals surface area (Å²) < 4.78 is 5.17. The van der Waals surface area contributed by atoms with Crippen molar-refractivity contribution in [1.82, 2.24) is 15.5 Å². The molecule has 0 unspecified atom stereocenters. The van der Waals surface area contributed by atoms with Gasteiger partial charge in [-0.3, -0.25) is 9.59 Å². The minimum atomic E-state index is -0.257. The summed E-state index contributed by atoms with van der Waals surface area (Å²) in [5.41, 5.74) is 3.33. The standard InChI is InChI=1S/C21H20N4O3/c1-2-18-23-20(24-28-18)16-8-9-17-15(12-16)10-11-25(17)19(26)13-22-21(27)14-6-4-3-5-7-14/h3-9,12H,2,10-11,13H2,1H3,(H,22,27). The molecule has 2 aromatic carbocycles. The Kier molecular flexibility index (Phi) is 4.89. The number of hydrogen-bond donors (Lipinski definition) is 1. The van der Waals surface area contributed by atoms with E-state index < -0.39 is 0 Å². The van der Waals surface area contributed by atoms with Gasteiger partial charge in [0, 0.05) is 29.8 Å². The maximum Gasteiger partial charge on any atom is 0.251 e. The lowest BCUT2D eigenvalue weighted by Gasteiger charge is -2.18. The van der Waals surface area contributed by atoms with Gasteiger partial charge in [-0.2, -0.15) is 4.98 Å². The van der Waals surface area contributed by atoms with Crippen LogP contribution in [-0.4, -0.2) is 35.0 Å². The number of aryl methyl sites for hydroxylation is 1. The number of amides is 2. The molecular formula is C21H20N4O3. The molecule has 142 valence electrons. The Morgan fingerprint density at radius 2 is 2.00 bits per heavy atom. The van der Waals surface area contributed by atoms with E-state index in [9.17, 15) is 9.59 Å². The number of anilines is 1. The van der Waals surface area contributed by atoms with Crippen LogP contribution in [-0.2, 0) is 17.6 Å². The summed E-state index contributed by atoms with van der Waals surface area (Å²) in [7, 11) is 0.